The van der Waals surface area contributed by atoms with Crippen LogP contribution in [0, 0.1) is 0 Å². The first-order valence-electron chi connectivity index (χ1n) is 10.0. The molecule has 8 nitrogen and oxygen atoms in total. The predicted molar refractivity (Wildman–Crippen MR) is 122 cm³/mol. The van der Waals surface area contributed by atoms with Crippen molar-refractivity contribution in [2.45, 2.75) is 39.7 Å². The Morgan fingerprint density at radius 3 is 2.38 bits per heavy atom. The summed E-state index contributed by atoms with van der Waals surface area (Å²) >= 11 is 7.15. The van der Waals surface area contributed by atoms with Crippen LogP contribution < -0.4 is 10.6 Å². The number of thiophene rings is 1. The van der Waals surface area contributed by atoms with Gasteiger partial charge in [0.1, 0.15) is 5.00 Å². The summed E-state index contributed by atoms with van der Waals surface area (Å²) < 4.78 is 10.1. The molecule has 10 heteroatoms. The zero-order chi connectivity index (χ0) is 23.7. The van der Waals surface area contributed by atoms with Gasteiger partial charge in [-0.25, -0.2) is 4.79 Å². The molecule has 0 radical (unpaired) electrons. The van der Waals surface area contributed by atoms with Gasteiger partial charge in [-0.15, -0.1) is 11.3 Å². The zero-order valence-corrected chi connectivity index (χ0v) is 19.6. The summed E-state index contributed by atoms with van der Waals surface area (Å²) in [7, 11) is 0. The van der Waals surface area contributed by atoms with E-state index in [9.17, 15) is 19.2 Å². The topological polar surface area (TPSA) is 111 Å². The zero-order valence-electron chi connectivity index (χ0n) is 18.0. The third kappa shape index (κ3) is 7.65. The minimum Gasteiger partial charge on any atom is -0.462 e. The van der Waals surface area contributed by atoms with E-state index in [0.29, 0.717) is 22.0 Å². The van der Waals surface area contributed by atoms with E-state index in [4.69, 9.17) is 21.1 Å². The maximum atomic E-state index is 12.3. The van der Waals surface area contributed by atoms with Gasteiger partial charge in [0.2, 0.25) is 5.91 Å². The lowest BCUT2D eigenvalue weighted by Gasteiger charge is -2.17. The van der Waals surface area contributed by atoms with E-state index >= 15 is 0 Å². The molecule has 0 spiro atoms. The summed E-state index contributed by atoms with van der Waals surface area (Å²) in [5.41, 5.74) is 0.942. The normalized spacial score (nSPS) is 11.4. The van der Waals surface area contributed by atoms with Crippen molar-refractivity contribution < 1.29 is 28.7 Å². The Hall–Kier alpha value is -2.91. The van der Waals surface area contributed by atoms with Gasteiger partial charge in [0.25, 0.3) is 5.91 Å². The molecule has 2 amide bonds. The number of esters is 2. The third-order valence-corrected chi connectivity index (χ3v) is 5.71. The van der Waals surface area contributed by atoms with Crippen LogP contribution in [0.4, 0.5) is 5.00 Å². The smallest absolute Gasteiger partial charge is 0.341 e. The number of hydrogen-bond donors (Lipinski definition) is 2. The van der Waals surface area contributed by atoms with Gasteiger partial charge in [-0.2, -0.15) is 0 Å². The number of anilines is 1. The summed E-state index contributed by atoms with van der Waals surface area (Å²) in [6.45, 7) is 4.65. The molecule has 0 aliphatic heterocycles. The largest absolute Gasteiger partial charge is 0.462 e. The summed E-state index contributed by atoms with van der Waals surface area (Å²) in [6.07, 6.45) is 0.527. The first-order chi connectivity index (χ1) is 15.2. The molecular weight excluding hydrogens is 456 g/mol. The van der Waals surface area contributed by atoms with E-state index in [2.05, 4.69) is 10.6 Å². The molecule has 2 N–H and O–H groups in total. The molecular formula is C22H25ClN2O6S. The first kappa shape index (κ1) is 25.4. The van der Waals surface area contributed by atoms with Crippen LogP contribution in [0.5, 0.6) is 0 Å². The quantitative estimate of drug-likeness (QED) is 0.499. The molecule has 32 heavy (non-hydrogen) atoms. The fourth-order valence-electron chi connectivity index (χ4n) is 2.80. The lowest BCUT2D eigenvalue weighted by Crippen LogP contribution is -2.29. The second kappa shape index (κ2) is 12.2. The monoisotopic (exact) mass is 480 g/mol. The number of carbonyl (C=O) groups excluding carboxylic acids is 4. The number of benzene rings is 1. The van der Waals surface area contributed by atoms with Crippen LogP contribution in [0.3, 0.4) is 0 Å². The van der Waals surface area contributed by atoms with Crippen molar-refractivity contribution in [3.63, 3.8) is 0 Å². The molecule has 1 heterocycles. The molecule has 2 rings (SSSR count). The first-order valence-corrected chi connectivity index (χ1v) is 11.2. The Kier molecular flexibility index (Phi) is 9.67. The maximum absolute atomic E-state index is 12.3. The molecule has 0 saturated carbocycles. The number of aryl methyl sites for hydroxylation is 1. The minimum absolute atomic E-state index is 0.165. The Morgan fingerprint density at radius 2 is 1.78 bits per heavy atom. The van der Waals surface area contributed by atoms with Crippen molar-refractivity contribution in [2.75, 3.05) is 18.5 Å². The number of halogens is 1. The highest BCUT2D eigenvalue weighted by atomic mass is 35.5. The predicted octanol–water partition coefficient (Wildman–Crippen LogP) is 3.89. The highest BCUT2D eigenvalue weighted by molar-refractivity contribution is 7.16. The highest BCUT2D eigenvalue weighted by Gasteiger charge is 2.21. The molecule has 0 aliphatic carbocycles. The number of ether oxygens (including phenoxy) is 2. The molecule has 0 fully saturated rings. The summed E-state index contributed by atoms with van der Waals surface area (Å²) in [5, 5.41) is 6.15. The van der Waals surface area contributed by atoms with Gasteiger partial charge < -0.3 is 20.1 Å². The Morgan fingerprint density at radius 1 is 1.09 bits per heavy atom. The SMILES string of the molecule is CCOC(=O)c1cc(CC)sc1NC(=O)COC(=O)CC(NC(C)=O)c1ccc(Cl)cc1. The summed E-state index contributed by atoms with van der Waals surface area (Å²) in [6, 6.07) is 7.74. The van der Waals surface area contributed by atoms with E-state index < -0.39 is 30.5 Å². The highest BCUT2D eigenvalue weighted by Crippen LogP contribution is 2.29. The molecule has 2 aromatic rings. The fraction of sp³-hybridized carbons (Fsp3) is 0.364. The van der Waals surface area contributed by atoms with Crippen LogP contribution in [-0.2, 0) is 30.3 Å². The summed E-state index contributed by atoms with van der Waals surface area (Å²) in [5.74, 6) is -2.10. The molecule has 1 atom stereocenters. The number of nitrogens with one attached hydrogen (secondary N) is 2. The van der Waals surface area contributed by atoms with Gasteiger partial charge in [-0.05, 0) is 37.1 Å². The molecule has 0 bridgehead atoms. The van der Waals surface area contributed by atoms with Gasteiger partial charge in [0.15, 0.2) is 6.61 Å². The Labute approximate surface area is 195 Å². The van der Waals surface area contributed by atoms with Crippen LogP contribution in [0.15, 0.2) is 30.3 Å². The molecule has 1 aromatic carbocycles. The summed E-state index contributed by atoms with van der Waals surface area (Å²) in [4.78, 5) is 49.1. The minimum atomic E-state index is -0.667. The lowest BCUT2D eigenvalue weighted by atomic mass is 10.0. The molecule has 0 saturated heterocycles. The maximum Gasteiger partial charge on any atom is 0.341 e. The van der Waals surface area contributed by atoms with Crippen LogP contribution >= 0.6 is 22.9 Å². The molecule has 0 aliphatic rings. The van der Waals surface area contributed by atoms with Crippen molar-refractivity contribution in [3.05, 3.63) is 51.4 Å². The fourth-order valence-corrected chi connectivity index (χ4v) is 3.92. The van der Waals surface area contributed by atoms with Crippen molar-refractivity contribution >= 4 is 51.7 Å². The molecule has 172 valence electrons. The molecule has 1 unspecified atom stereocenters. The van der Waals surface area contributed by atoms with Crippen molar-refractivity contribution in [1.82, 2.24) is 5.32 Å². The van der Waals surface area contributed by atoms with Crippen molar-refractivity contribution in [1.29, 1.82) is 0 Å². The van der Waals surface area contributed by atoms with Crippen LogP contribution in [0.1, 0.15) is 54.0 Å². The van der Waals surface area contributed by atoms with Gasteiger partial charge in [-0.1, -0.05) is 30.7 Å². The van der Waals surface area contributed by atoms with E-state index in [-0.39, 0.29) is 24.5 Å². The van der Waals surface area contributed by atoms with Gasteiger partial charge in [0.05, 0.1) is 24.6 Å². The number of rotatable bonds is 10. The Bertz CT molecular complexity index is 973. The van der Waals surface area contributed by atoms with Gasteiger partial charge in [0, 0.05) is 16.8 Å². The second-order valence-electron chi connectivity index (χ2n) is 6.75. The number of hydrogen-bond acceptors (Lipinski definition) is 7. The third-order valence-electron chi connectivity index (χ3n) is 4.26. The van der Waals surface area contributed by atoms with Crippen molar-refractivity contribution in [3.8, 4) is 0 Å². The van der Waals surface area contributed by atoms with Gasteiger partial charge >= 0.3 is 11.9 Å². The average molecular weight is 481 g/mol. The number of amides is 2. The lowest BCUT2D eigenvalue weighted by molar-refractivity contribution is -0.148. The standard InChI is InChI=1S/C22H25ClN2O6S/c1-4-16-10-17(22(29)30-5-2)21(32-16)25-19(27)12-31-20(28)11-18(24-13(3)26)14-6-8-15(23)9-7-14/h6-10,18H,4-5,11-12H2,1-3H3,(H,24,26)(H,25,27). The Balaban J connectivity index is 1.97. The van der Waals surface area contributed by atoms with Crippen LogP contribution in [0.25, 0.3) is 0 Å². The van der Waals surface area contributed by atoms with Crippen LogP contribution in [0.2, 0.25) is 5.02 Å². The van der Waals surface area contributed by atoms with Gasteiger partial charge in [-0.3, -0.25) is 14.4 Å². The second-order valence-corrected chi connectivity index (χ2v) is 8.32. The van der Waals surface area contributed by atoms with E-state index in [1.807, 2.05) is 6.92 Å². The molecule has 1 aromatic heterocycles. The van der Waals surface area contributed by atoms with Crippen LogP contribution in [-0.4, -0.2) is 37.0 Å². The van der Waals surface area contributed by atoms with E-state index in [1.165, 1.54) is 18.3 Å². The number of carbonyl (C=O) groups is 4. The van der Waals surface area contributed by atoms with E-state index in [1.54, 1.807) is 37.3 Å². The van der Waals surface area contributed by atoms with Crippen molar-refractivity contribution in [2.24, 2.45) is 0 Å². The van der Waals surface area contributed by atoms with E-state index in [0.717, 1.165) is 4.88 Å². The average Bonchev–Trinajstić information content (AvgIpc) is 3.15.